The smallest absolute Gasteiger partial charge is 0.211 e. The summed E-state index contributed by atoms with van der Waals surface area (Å²) in [5, 5.41) is 3.92. The van der Waals surface area contributed by atoms with Crippen LogP contribution in [0.15, 0.2) is 6.20 Å². The van der Waals surface area contributed by atoms with Crippen molar-refractivity contribution >= 4 is 15.8 Å². The maximum absolute atomic E-state index is 11.3. The molecule has 0 fully saturated rings. The van der Waals surface area contributed by atoms with Crippen LogP contribution in [0.2, 0.25) is 0 Å². The van der Waals surface area contributed by atoms with Gasteiger partial charge in [-0.15, -0.1) is 0 Å². The summed E-state index contributed by atoms with van der Waals surface area (Å²) in [7, 11) is -1.47. The van der Waals surface area contributed by atoms with Gasteiger partial charge in [0.25, 0.3) is 0 Å². The van der Waals surface area contributed by atoms with Crippen LogP contribution in [0, 0.1) is 0 Å². The van der Waals surface area contributed by atoms with E-state index in [2.05, 4.69) is 9.82 Å². The van der Waals surface area contributed by atoms with Crippen LogP contribution in [-0.2, 0) is 23.6 Å². The first-order chi connectivity index (χ1) is 6.96. The zero-order valence-electron chi connectivity index (χ0n) is 8.90. The number of aryl methyl sites for hydroxylation is 1. The van der Waals surface area contributed by atoms with E-state index in [4.69, 9.17) is 5.73 Å². The predicted octanol–water partition coefficient (Wildman–Crippen LogP) is -0.168. The summed E-state index contributed by atoms with van der Waals surface area (Å²) >= 11 is 0. The van der Waals surface area contributed by atoms with E-state index >= 15 is 0 Å². The molecule has 0 spiro atoms. The van der Waals surface area contributed by atoms with Crippen LogP contribution >= 0.6 is 0 Å². The third-order valence-corrected chi connectivity index (χ3v) is 3.55. The largest absolute Gasteiger partial charge is 0.384 e. The molecule has 6 nitrogen and oxygen atoms in total. The number of hydrogen-bond donors (Lipinski definition) is 2. The molecule has 0 aromatic carbocycles. The van der Waals surface area contributed by atoms with Crippen LogP contribution in [-0.4, -0.2) is 24.0 Å². The van der Waals surface area contributed by atoms with Gasteiger partial charge in [-0.25, -0.2) is 13.1 Å². The maximum atomic E-state index is 11.3. The summed E-state index contributed by atoms with van der Waals surface area (Å²) in [4.78, 5) is 0. The Morgan fingerprint density at radius 1 is 1.60 bits per heavy atom. The fraction of sp³-hybridized carbons (Fsp3) is 0.625. The number of nitrogens with one attached hydrogen (secondary N) is 1. The van der Waals surface area contributed by atoms with Gasteiger partial charge in [0.1, 0.15) is 5.82 Å². The van der Waals surface area contributed by atoms with E-state index in [1.807, 2.05) is 6.92 Å². The Hall–Kier alpha value is -1.08. The van der Waals surface area contributed by atoms with Crippen molar-refractivity contribution in [2.45, 2.75) is 19.9 Å². The van der Waals surface area contributed by atoms with E-state index in [9.17, 15) is 8.42 Å². The molecular formula is C8H16N4O2S. The van der Waals surface area contributed by atoms with Gasteiger partial charge in [0.05, 0.1) is 11.9 Å². The monoisotopic (exact) mass is 232 g/mol. The third-order valence-electron chi connectivity index (χ3n) is 2.02. The van der Waals surface area contributed by atoms with Crippen molar-refractivity contribution in [2.24, 2.45) is 7.05 Å². The molecule has 1 heterocycles. The number of rotatable bonds is 5. The quantitative estimate of drug-likeness (QED) is 0.737. The second-order valence-corrected chi connectivity index (χ2v) is 5.25. The number of aromatic nitrogens is 2. The maximum Gasteiger partial charge on any atom is 0.211 e. The Kier molecular flexibility index (Phi) is 3.70. The molecule has 0 aliphatic heterocycles. The zero-order valence-corrected chi connectivity index (χ0v) is 9.71. The van der Waals surface area contributed by atoms with Crippen molar-refractivity contribution in [3.8, 4) is 0 Å². The molecule has 0 saturated carbocycles. The molecule has 1 rings (SSSR count). The second kappa shape index (κ2) is 4.63. The summed E-state index contributed by atoms with van der Waals surface area (Å²) in [6.07, 6.45) is 2.15. The van der Waals surface area contributed by atoms with Crippen LogP contribution in [0.4, 0.5) is 5.82 Å². The van der Waals surface area contributed by atoms with Crippen molar-refractivity contribution in [1.29, 1.82) is 0 Å². The number of nitrogens with two attached hydrogens (primary N) is 1. The summed E-state index contributed by atoms with van der Waals surface area (Å²) < 4.78 is 26.7. The molecule has 0 radical (unpaired) electrons. The van der Waals surface area contributed by atoms with Crippen LogP contribution in [0.5, 0.6) is 0 Å². The molecule has 0 bridgehead atoms. The average molecular weight is 232 g/mol. The molecule has 0 saturated heterocycles. The summed E-state index contributed by atoms with van der Waals surface area (Å²) in [5.41, 5.74) is 6.36. The Balaban J connectivity index is 2.62. The minimum Gasteiger partial charge on any atom is -0.384 e. The van der Waals surface area contributed by atoms with Crippen molar-refractivity contribution < 1.29 is 8.42 Å². The third kappa shape index (κ3) is 3.21. The molecule has 0 aliphatic rings. The molecule has 1 aromatic heterocycles. The number of hydrogen-bond acceptors (Lipinski definition) is 4. The minimum absolute atomic E-state index is 0.132. The van der Waals surface area contributed by atoms with Crippen LogP contribution in [0.1, 0.15) is 18.9 Å². The Labute approximate surface area is 89.5 Å². The average Bonchev–Trinajstić information content (AvgIpc) is 2.45. The van der Waals surface area contributed by atoms with Gasteiger partial charge in [0.15, 0.2) is 0 Å². The van der Waals surface area contributed by atoms with E-state index in [1.54, 1.807) is 13.2 Å². The van der Waals surface area contributed by atoms with Crippen molar-refractivity contribution in [3.63, 3.8) is 0 Å². The van der Waals surface area contributed by atoms with Gasteiger partial charge < -0.3 is 5.73 Å². The molecule has 0 unspecified atom stereocenters. The molecule has 1 aromatic rings. The Morgan fingerprint density at radius 3 is 2.73 bits per heavy atom. The van der Waals surface area contributed by atoms with E-state index in [0.717, 1.165) is 0 Å². The number of nitrogens with zero attached hydrogens (tertiary/aromatic N) is 2. The van der Waals surface area contributed by atoms with E-state index in [-0.39, 0.29) is 12.3 Å². The lowest BCUT2D eigenvalue weighted by molar-refractivity contribution is 0.580. The number of anilines is 1. The van der Waals surface area contributed by atoms with Gasteiger partial charge in [-0.1, -0.05) is 6.92 Å². The van der Waals surface area contributed by atoms with Gasteiger partial charge in [-0.05, 0) is 6.42 Å². The summed E-state index contributed by atoms with van der Waals surface area (Å²) in [6.45, 7) is 2.01. The molecule has 7 heteroatoms. The molecule has 0 aliphatic carbocycles. The van der Waals surface area contributed by atoms with Gasteiger partial charge in [-0.3, -0.25) is 4.68 Å². The first-order valence-electron chi connectivity index (χ1n) is 4.70. The molecule has 15 heavy (non-hydrogen) atoms. The number of nitrogen functional groups attached to an aromatic ring is 1. The van der Waals surface area contributed by atoms with Crippen LogP contribution < -0.4 is 10.5 Å². The fourth-order valence-corrected chi connectivity index (χ4v) is 2.21. The highest BCUT2D eigenvalue weighted by Gasteiger charge is 2.10. The molecule has 0 atom stereocenters. The van der Waals surface area contributed by atoms with Crippen molar-refractivity contribution in [3.05, 3.63) is 11.8 Å². The Morgan fingerprint density at radius 2 is 2.27 bits per heavy atom. The highest BCUT2D eigenvalue weighted by atomic mass is 32.2. The van der Waals surface area contributed by atoms with Crippen LogP contribution in [0.3, 0.4) is 0 Å². The van der Waals surface area contributed by atoms with E-state index < -0.39 is 10.0 Å². The van der Waals surface area contributed by atoms with E-state index in [1.165, 1.54) is 4.68 Å². The zero-order chi connectivity index (χ0) is 11.5. The normalized spacial score (nSPS) is 11.9. The molecule has 86 valence electrons. The van der Waals surface area contributed by atoms with Crippen LogP contribution in [0.25, 0.3) is 0 Å². The van der Waals surface area contributed by atoms with Crippen molar-refractivity contribution in [1.82, 2.24) is 14.5 Å². The number of sulfonamides is 1. The summed E-state index contributed by atoms with van der Waals surface area (Å²) in [6, 6.07) is 0. The Bertz CT molecular complexity index is 424. The molecule has 0 amide bonds. The lowest BCUT2D eigenvalue weighted by Gasteiger charge is -2.04. The lowest BCUT2D eigenvalue weighted by Crippen LogP contribution is -2.25. The van der Waals surface area contributed by atoms with Gasteiger partial charge >= 0.3 is 0 Å². The lowest BCUT2D eigenvalue weighted by atomic mass is 10.3. The standard InChI is InChI=1S/C8H16N4O2S/c1-3-4-15(13,14)11-6-7-5-10-12(2)8(7)9/h5,11H,3-4,6,9H2,1-2H3. The second-order valence-electron chi connectivity index (χ2n) is 3.32. The van der Waals surface area contributed by atoms with Gasteiger partial charge in [0.2, 0.25) is 10.0 Å². The van der Waals surface area contributed by atoms with E-state index in [0.29, 0.717) is 17.8 Å². The highest BCUT2D eigenvalue weighted by molar-refractivity contribution is 7.89. The fourth-order valence-electron chi connectivity index (χ4n) is 1.16. The van der Waals surface area contributed by atoms with Gasteiger partial charge in [0, 0.05) is 19.2 Å². The highest BCUT2D eigenvalue weighted by Crippen LogP contribution is 2.08. The molecular weight excluding hydrogens is 216 g/mol. The SMILES string of the molecule is CCCS(=O)(=O)NCc1cnn(C)c1N. The molecule has 3 N–H and O–H groups in total. The minimum atomic E-state index is -3.18. The van der Waals surface area contributed by atoms with Crippen molar-refractivity contribution in [2.75, 3.05) is 11.5 Å². The topological polar surface area (TPSA) is 90.0 Å². The first kappa shape index (κ1) is 12.0. The summed E-state index contributed by atoms with van der Waals surface area (Å²) in [5.74, 6) is 0.613. The predicted molar refractivity (Wildman–Crippen MR) is 58.5 cm³/mol. The van der Waals surface area contributed by atoms with Gasteiger partial charge in [-0.2, -0.15) is 5.10 Å². The first-order valence-corrected chi connectivity index (χ1v) is 6.35.